The highest BCUT2D eigenvalue weighted by molar-refractivity contribution is 5.91. The Morgan fingerprint density at radius 1 is 0.745 bits per heavy atom. The van der Waals surface area contributed by atoms with Crippen molar-refractivity contribution >= 4 is 36.0 Å². The van der Waals surface area contributed by atoms with Crippen LogP contribution in [0.15, 0.2) is 133 Å². The topological polar surface area (TPSA) is 176 Å². The first-order chi connectivity index (χ1) is 24.7. The molecule has 2 aliphatic heterocycles. The predicted octanol–water partition coefficient (Wildman–Crippen LogP) is 5.16. The summed E-state index contributed by atoms with van der Waals surface area (Å²) in [7, 11) is 0. The summed E-state index contributed by atoms with van der Waals surface area (Å²) < 4.78 is 29.0. The van der Waals surface area contributed by atoms with E-state index < -0.39 is 60.1 Å². The van der Waals surface area contributed by atoms with E-state index in [9.17, 15) is 29.3 Å². The fraction of sp³-hybridized carbons (Fsp3) is 0.139. The fourth-order valence-corrected chi connectivity index (χ4v) is 5.18. The van der Waals surface area contributed by atoms with E-state index in [2.05, 4.69) is 11.7 Å². The minimum Gasteiger partial charge on any atom is -0.459 e. The molecule has 2 aliphatic rings. The number of hydrogen-bond donors (Lipinski definition) is 0. The Kier molecular flexibility index (Phi) is 10.1. The predicted molar refractivity (Wildman–Crippen MR) is 177 cm³/mol. The van der Waals surface area contributed by atoms with E-state index in [4.69, 9.17) is 23.7 Å². The Hall–Kier alpha value is -6.87. The highest BCUT2D eigenvalue weighted by atomic mass is 16.7. The maximum atomic E-state index is 13.4. The number of hydrogen-bond acceptors (Lipinski definition) is 13. The highest BCUT2D eigenvalue weighted by Gasteiger charge is 2.54. The van der Waals surface area contributed by atoms with Gasteiger partial charge in [0.15, 0.2) is 18.4 Å². The smallest absolute Gasteiger partial charge is 0.442 e. The molecule has 1 fully saturated rings. The van der Waals surface area contributed by atoms with E-state index in [1.807, 2.05) is 0 Å². The average molecular weight is 693 g/mol. The van der Waals surface area contributed by atoms with Crippen LogP contribution in [0.5, 0.6) is 5.75 Å². The van der Waals surface area contributed by atoms with E-state index in [0.29, 0.717) is 0 Å². The zero-order valence-electron chi connectivity index (χ0n) is 26.6. The van der Waals surface area contributed by atoms with E-state index in [1.165, 1.54) is 47.6 Å². The minimum absolute atomic E-state index is 0.00739. The summed E-state index contributed by atoms with van der Waals surface area (Å²) in [6.45, 7) is 3.50. The van der Waals surface area contributed by atoms with E-state index in [-0.39, 0.29) is 33.9 Å². The normalized spacial score (nSPS) is 19.3. The number of hydrazone groups is 1. The first-order valence-corrected chi connectivity index (χ1v) is 15.4. The van der Waals surface area contributed by atoms with Gasteiger partial charge in [-0.15, -0.1) is 5.01 Å². The molecule has 1 amide bonds. The van der Waals surface area contributed by atoms with Crippen LogP contribution >= 0.6 is 0 Å². The van der Waals surface area contributed by atoms with E-state index in [0.717, 1.165) is 17.1 Å². The van der Waals surface area contributed by atoms with Crippen LogP contribution in [0, 0.1) is 10.1 Å². The third-order valence-corrected chi connectivity index (χ3v) is 7.71. The van der Waals surface area contributed by atoms with Crippen LogP contribution in [0.2, 0.25) is 0 Å². The molecule has 51 heavy (non-hydrogen) atoms. The SMILES string of the molecule is C=C1N(C(=O)Oc2ccc([N+](=O)[O-])cc2)N=CN1C1OC(COC(=O)c2ccccc2)C(OC(=O)c2ccccc2)C1OC(=O)c1ccccc1. The molecular weight excluding hydrogens is 664 g/mol. The summed E-state index contributed by atoms with van der Waals surface area (Å²) in [5.74, 6) is -2.35. The zero-order chi connectivity index (χ0) is 35.9. The molecule has 0 radical (unpaired) electrons. The Bertz CT molecular complexity index is 1960. The number of benzene rings is 4. The number of nitro benzene ring substituents is 1. The average Bonchev–Trinajstić information content (AvgIpc) is 3.70. The van der Waals surface area contributed by atoms with Crippen molar-refractivity contribution in [3.63, 3.8) is 0 Å². The van der Waals surface area contributed by atoms with Crippen molar-refractivity contribution in [2.45, 2.75) is 24.5 Å². The molecule has 0 N–H and O–H groups in total. The lowest BCUT2D eigenvalue weighted by Gasteiger charge is -2.29. The van der Waals surface area contributed by atoms with Crippen molar-refractivity contribution < 1.29 is 47.8 Å². The lowest BCUT2D eigenvalue weighted by atomic mass is 10.1. The molecule has 4 atom stereocenters. The molecule has 0 saturated carbocycles. The Morgan fingerprint density at radius 3 is 1.78 bits per heavy atom. The second-order valence-corrected chi connectivity index (χ2v) is 11.0. The van der Waals surface area contributed by atoms with Gasteiger partial charge in [-0.25, -0.2) is 19.2 Å². The third kappa shape index (κ3) is 7.73. The van der Waals surface area contributed by atoms with Crippen molar-refractivity contribution in [3.05, 3.63) is 154 Å². The number of non-ortho nitro benzene ring substituents is 1. The van der Waals surface area contributed by atoms with Gasteiger partial charge < -0.3 is 23.7 Å². The number of amides is 1. The quantitative estimate of drug-likeness (QED) is 0.0925. The number of esters is 3. The van der Waals surface area contributed by atoms with E-state index >= 15 is 0 Å². The van der Waals surface area contributed by atoms with Crippen LogP contribution in [0.1, 0.15) is 31.1 Å². The van der Waals surface area contributed by atoms with E-state index in [1.54, 1.807) is 66.7 Å². The summed E-state index contributed by atoms with van der Waals surface area (Å²) in [5.41, 5.74) is 0.441. The first-order valence-electron chi connectivity index (χ1n) is 15.4. The molecule has 1 saturated heterocycles. The van der Waals surface area contributed by atoms with Gasteiger partial charge in [0.25, 0.3) is 5.69 Å². The van der Waals surface area contributed by atoms with Gasteiger partial charge in [0, 0.05) is 12.1 Å². The van der Waals surface area contributed by atoms with Crippen molar-refractivity contribution in [2.75, 3.05) is 6.61 Å². The molecule has 0 bridgehead atoms. The maximum absolute atomic E-state index is 13.4. The molecule has 0 aromatic heterocycles. The Balaban J connectivity index is 1.28. The van der Waals surface area contributed by atoms with Gasteiger partial charge in [-0.1, -0.05) is 61.2 Å². The Morgan fingerprint density at radius 2 is 1.25 bits per heavy atom. The molecule has 2 heterocycles. The molecule has 15 nitrogen and oxygen atoms in total. The lowest BCUT2D eigenvalue weighted by molar-refractivity contribution is -0.384. The number of carbonyl (C=O) groups is 4. The summed E-state index contributed by atoms with van der Waals surface area (Å²) in [5, 5.41) is 15.9. The number of rotatable bonds is 10. The van der Waals surface area contributed by atoms with Gasteiger partial charge in [-0.3, -0.25) is 15.0 Å². The summed E-state index contributed by atoms with van der Waals surface area (Å²) in [6, 6.07) is 29.1. The van der Waals surface area contributed by atoms with Crippen molar-refractivity contribution in [2.24, 2.45) is 5.10 Å². The van der Waals surface area contributed by atoms with Gasteiger partial charge >= 0.3 is 24.0 Å². The van der Waals surface area contributed by atoms with Gasteiger partial charge in [-0.05, 0) is 48.5 Å². The summed E-state index contributed by atoms with van der Waals surface area (Å²) in [4.78, 5) is 64.5. The van der Waals surface area contributed by atoms with Gasteiger partial charge in [0.1, 0.15) is 30.6 Å². The zero-order valence-corrected chi connectivity index (χ0v) is 26.6. The molecule has 4 unspecified atom stereocenters. The monoisotopic (exact) mass is 692 g/mol. The summed E-state index contributed by atoms with van der Waals surface area (Å²) >= 11 is 0. The Labute approximate surface area is 290 Å². The third-order valence-electron chi connectivity index (χ3n) is 7.71. The summed E-state index contributed by atoms with van der Waals surface area (Å²) in [6.07, 6.45) is -5.10. The fourth-order valence-electron chi connectivity index (χ4n) is 5.18. The number of carbonyl (C=O) groups excluding carboxylic acids is 4. The second kappa shape index (κ2) is 15.1. The van der Waals surface area contributed by atoms with Crippen molar-refractivity contribution in [3.8, 4) is 5.75 Å². The molecule has 4 aromatic rings. The molecule has 15 heteroatoms. The number of nitro groups is 1. The van der Waals surface area contributed by atoms with Gasteiger partial charge in [0.2, 0.25) is 0 Å². The molecule has 4 aromatic carbocycles. The van der Waals surface area contributed by atoms with Crippen molar-refractivity contribution in [1.29, 1.82) is 0 Å². The van der Waals surface area contributed by atoms with Crippen LogP contribution in [-0.4, -0.2) is 76.3 Å². The van der Waals surface area contributed by atoms with Crippen LogP contribution in [-0.2, 0) is 18.9 Å². The van der Waals surface area contributed by atoms with Crippen LogP contribution in [0.3, 0.4) is 0 Å². The van der Waals surface area contributed by atoms with Crippen LogP contribution in [0.4, 0.5) is 10.5 Å². The van der Waals surface area contributed by atoms with Crippen LogP contribution < -0.4 is 4.74 Å². The van der Waals surface area contributed by atoms with Gasteiger partial charge in [-0.2, -0.15) is 5.10 Å². The molecular formula is C36H28N4O11. The number of ether oxygens (including phenoxy) is 5. The molecule has 258 valence electrons. The first kappa shape index (κ1) is 34.0. The second-order valence-electron chi connectivity index (χ2n) is 11.0. The minimum atomic E-state index is -1.39. The highest BCUT2D eigenvalue weighted by Crippen LogP contribution is 2.34. The molecule has 0 spiro atoms. The van der Waals surface area contributed by atoms with Gasteiger partial charge in [0.05, 0.1) is 21.6 Å². The standard InChI is InChI=1S/C36H28N4O11/c1-23-38(22-37-39(23)36(44)48-28-19-17-27(18-20-28)40(45)46)32-31(51-35(43)26-15-9-4-10-16-26)30(50-34(42)25-13-7-3-8-14-25)29(49-32)21-47-33(41)24-11-5-2-6-12-24/h2-20,22,29-32H,1,21H2. The van der Waals surface area contributed by atoms with Crippen molar-refractivity contribution in [1.82, 2.24) is 9.91 Å². The van der Waals surface area contributed by atoms with Crippen LogP contribution in [0.25, 0.3) is 0 Å². The molecule has 6 rings (SSSR count). The largest absolute Gasteiger partial charge is 0.459 e. The maximum Gasteiger partial charge on any atom is 0.442 e. The lowest BCUT2D eigenvalue weighted by Crippen LogP contribution is -2.47. The molecule has 0 aliphatic carbocycles. The number of nitrogens with zero attached hydrogens (tertiary/aromatic N) is 4.